The van der Waals surface area contributed by atoms with Crippen LogP contribution in [0.15, 0.2) is 30.5 Å². The number of nitrogens with one attached hydrogen (secondary N) is 3. The number of allylic oxidation sites excluding steroid dienone is 1. The maximum absolute atomic E-state index is 11.8. The van der Waals surface area contributed by atoms with Crippen LogP contribution >= 0.6 is 0 Å². The number of nitrogens with zero attached hydrogens (tertiary/aromatic N) is 4. The van der Waals surface area contributed by atoms with Crippen molar-refractivity contribution in [1.29, 1.82) is 5.26 Å². The molecule has 8 heteroatoms. The Morgan fingerprint density at radius 2 is 2.18 bits per heavy atom. The van der Waals surface area contributed by atoms with E-state index in [1.54, 1.807) is 24.3 Å². The Labute approximate surface area is 127 Å². The van der Waals surface area contributed by atoms with Gasteiger partial charge in [0, 0.05) is 24.0 Å². The smallest absolute Gasteiger partial charge is 0.251 e. The van der Waals surface area contributed by atoms with Crippen LogP contribution in [0.5, 0.6) is 0 Å². The van der Waals surface area contributed by atoms with E-state index in [0.717, 1.165) is 12.1 Å². The molecule has 1 aromatic heterocycles. The summed E-state index contributed by atoms with van der Waals surface area (Å²) < 4.78 is 0. The molecule has 0 fully saturated rings. The minimum Gasteiger partial charge on any atom is -0.360 e. The molecule has 0 saturated heterocycles. The second-order valence-corrected chi connectivity index (χ2v) is 4.38. The maximum atomic E-state index is 11.8. The zero-order valence-electron chi connectivity index (χ0n) is 12.0. The molecule has 8 nitrogen and oxygen atoms in total. The zero-order valence-corrected chi connectivity index (χ0v) is 12.0. The van der Waals surface area contributed by atoms with E-state index in [1.807, 2.05) is 13.0 Å². The number of H-pyrrole nitrogens is 1. The highest BCUT2D eigenvalue weighted by Crippen LogP contribution is 2.12. The van der Waals surface area contributed by atoms with E-state index in [-0.39, 0.29) is 17.3 Å². The Morgan fingerprint density at radius 1 is 1.41 bits per heavy atom. The van der Waals surface area contributed by atoms with Crippen LogP contribution < -0.4 is 10.6 Å². The Balaban J connectivity index is 2.02. The van der Waals surface area contributed by atoms with Gasteiger partial charge in [0.05, 0.1) is 0 Å². The van der Waals surface area contributed by atoms with Gasteiger partial charge in [-0.25, -0.2) is 0 Å². The molecule has 3 N–H and O–H groups in total. The third-order valence-corrected chi connectivity index (χ3v) is 2.77. The summed E-state index contributed by atoms with van der Waals surface area (Å²) in [4.78, 5) is 11.8. The molecular weight excluding hydrogens is 282 g/mol. The van der Waals surface area contributed by atoms with E-state index in [9.17, 15) is 4.79 Å². The summed E-state index contributed by atoms with van der Waals surface area (Å²) in [7, 11) is 0. The summed E-state index contributed by atoms with van der Waals surface area (Å²) in [6.45, 7) is 2.65. The summed E-state index contributed by atoms with van der Waals surface area (Å²) in [6, 6.07) is 8.90. The second kappa shape index (κ2) is 7.54. The van der Waals surface area contributed by atoms with Gasteiger partial charge in [0.2, 0.25) is 5.82 Å². The van der Waals surface area contributed by atoms with E-state index in [1.165, 1.54) is 6.20 Å². The van der Waals surface area contributed by atoms with Gasteiger partial charge >= 0.3 is 0 Å². The lowest BCUT2D eigenvalue weighted by Crippen LogP contribution is -2.23. The fourth-order valence-corrected chi connectivity index (χ4v) is 1.64. The van der Waals surface area contributed by atoms with Gasteiger partial charge in [-0.3, -0.25) is 4.79 Å². The first kappa shape index (κ1) is 15.2. The van der Waals surface area contributed by atoms with Crippen molar-refractivity contribution in [3.8, 4) is 6.07 Å². The van der Waals surface area contributed by atoms with Gasteiger partial charge in [-0.1, -0.05) is 6.92 Å². The molecule has 0 atom stereocenters. The van der Waals surface area contributed by atoms with Gasteiger partial charge in [-0.2, -0.15) is 10.5 Å². The van der Waals surface area contributed by atoms with E-state index in [4.69, 9.17) is 5.26 Å². The van der Waals surface area contributed by atoms with Gasteiger partial charge in [-0.05, 0) is 35.9 Å². The molecule has 0 spiro atoms. The van der Waals surface area contributed by atoms with E-state index in [2.05, 4.69) is 31.3 Å². The molecule has 0 saturated carbocycles. The first-order valence-corrected chi connectivity index (χ1v) is 6.73. The lowest BCUT2D eigenvalue weighted by Gasteiger charge is -2.05. The maximum Gasteiger partial charge on any atom is 0.251 e. The molecule has 1 amide bonds. The largest absolute Gasteiger partial charge is 0.360 e. The van der Waals surface area contributed by atoms with Crippen molar-refractivity contribution in [2.75, 3.05) is 11.9 Å². The number of aromatic nitrogens is 4. The zero-order chi connectivity index (χ0) is 15.8. The number of aromatic amines is 1. The average Bonchev–Trinajstić information content (AvgIpc) is 3.08. The van der Waals surface area contributed by atoms with Crippen molar-refractivity contribution in [2.24, 2.45) is 0 Å². The first-order chi connectivity index (χ1) is 10.7. The fraction of sp³-hybridized carbons (Fsp3) is 0.214. The van der Waals surface area contributed by atoms with Crippen LogP contribution in [-0.4, -0.2) is 33.1 Å². The van der Waals surface area contributed by atoms with Crippen LogP contribution in [0, 0.1) is 11.3 Å². The molecule has 1 heterocycles. The number of carbonyl (C=O) groups excluding carboxylic acids is 1. The molecule has 0 aliphatic heterocycles. The average molecular weight is 297 g/mol. The number of nitriles is 1. The number of rotatable bonds is 6. The van der Waals surface area contributed by atoms with Crippen LogP contribution in [0.25, 0.3) is 5.57 Å². The summed E-state index contributed by atoms with van der Waals surface area (Å²) in [6.07, 6.45) is 2.38. The van der Waals surface area contributed by atoms with Crippen molar-refractivity contribution in [3.05, 3.63) is 41.9 Å². The van der Waals surface area contributed by atoms with Crippen LogP contribution in [0.2, 0.25) is 0 Å². The van der Waals surface area contributed by atoms with Crippen LogP contribution in [0.4, 0.5) is 5.69 Å². The molecule has 0 bridgehead atoms. The molecule has 22 heavy (non-hydrogen) atoms. The Kier molecular flexibility index (Phi) is 5.20. The molecule has 0 aliphatic rings. The molecule has 2 aromatic rings. The molecule has 0 aliphatic carbocycles. The third-order valence-electron chi connectivity index (χ3n) is 2.77. The topological polar surface area (TPSA) is 119 Å². The number of benzene rings is 1. The van der Waals surface area contributed by atoms with Gasteiger partial charge in [-0.15, -0.1) is 10.2 Å². The van der Waals surface area contributed by atoms with Gasteiger partial charge in [0.1, 0.15) is 11.6 Å². The third kappa shape index (κ3) is 3.89. The van der Waals surface area contributed by atoms with Crippen LogP contribution in [-0.2, 0) is 0 Å². The SMILES string of the molecule is CCCNC(=O)c1ccc(NC=C(C#N)c2nn[nH]n2)cc1. The van der Waals surface area contributed by atoms with Crippen molar-refractivity contribution < 1.29 is 4.79 Å². The molecule has 2 rings (SSSR count). The predicted octanol–water partition coefficient (Wildman–Crippen LogP) is 1.32. The number of hydrogen-bond donors (Lipinski definition) is 3. The summed E-state index contributed by atoms with van der Waals surface area (Å²) in [5.74, 6) is 0.110. The van der Waals surface area contributed by atoms with E-state index >= 15 is 0 Å². The summed E-state index contributed by atoms with van der Waals surface area (Å²) >= 11 is 0. The normalized spacial score (nSPS) is 10.8. The molecule has 112 valence electrons. The second-order valence-electron chi connectivity index (χ2n) is 4.38. The highest BCUT2D eigenvalue weighted by molar-refractivity contribution is 5.94. The Morgan fingerprint density at radius 3 is 2.77 bits per heavy atom. The summed E-state index contributed by atoms with van der Waals surface area (Å²) in [5.41, 5.74) is 1.57. The minimum atomic E-state index is -0.103. The molecular formula is C14H15N7O. The molecule has 0 radical (unpaired) electrons. The van der Waals surface area contributed by atoms with Crippen LogP contribution in [0.3, 0.4) is 0 Å². The fourth-order valence-electron chi connectivity index (χ4n) is 1.64. The molecule has 0 unspecified atom stereocenters. The number of hydrogen-bond acceptors (Lipinski definition) is 6. The van der Waals surface area contributed by atoms with Gasteiger partial charge in [0.15, 0.2) is 0 Å². The van der Waals surface area contributed by atoms with Crippen molar-refractivity contribution >= 4 is 17.2 Å². The standard InChI is InChI=1S/C14H15N7O/c1-2-7-16-14(22)10-3-5-12(6-4-10)17-9-11(8-15)13-18-20-21-19-13/h3-6,9,17H,2,7H2,1H3,(H,16,22)(H,18,19,20,21). The highest BCUT2D eigenvalue weighted by atomic mass is 16.1. The number of amides is 1. The minimum absolute atomic E-state index is 0.103. The van der Waals surface area contributed by atoms with Gasteiger partial charge < -0.3 is 10.6 Å². The van der Waals surface area contributed by atoms with Crippen molar-refractivity contribution in [1.82, 2.24) is 25.9 Å². The van der Waals surface area contributed by atoms with E-state index in [0.29, 0.717) is 12.1 Å². The van der Waals surface area contributed by atoms with Crippen molar-refractivity contribution in [2.45, 2.75) is 13.3 Å². The number of anilines is 1. The monoisotopic (exact) mass is 297 g/mol. The lowest BCUT2D eigenvalue weighted by atomic mass is 10.2. The number of carbonyl (C=O) groups is 1. The quantitative estimate of drug-likeness (QED) is 0.692. The van der Waals surface area contributed by atoms with E-state index < -0.39 is 0 Å². The number of tetrazole rings is 1. The lowest BCUT2D eigenvalue weighted by molar-refractivity contribution is 0.0953. The van der Waals surface area contributed by atoms with Crippen molar-refractivity contribution in [3.63, 3.8) is 0 Å². The Hall–Kier alpha value is -3.21. The highest BCUT2D eigenvalue weighted by Gasteiger charge is 2.06. The predicted molar refractivity (Wildman–Crippen MR) is 80.5 cm³/mol. The van der Waals surface area contributed by atoms with Crippen LogP contribution in [0.1, 0.15) is 29.5 Å². The van der Waals surface area contributed by atoms with Gasteiger partial charge in [0.25, 0.3) is 5.91 Å². The molecule has 1 aromatic carbocycles. The first-order valence-electron chi connectivity index (χ1n) is 6.73. The summed E-state index contributed by atoms with van der Waals surface area (Å²) in [5, 5.41) is 28.0. The Bertz CT molecular complexity index is 683.